The number of para-hydroxylation sites is 1. The minimum atomic E-state index is -2.96. The van der Waals surface area contributed by atoms with Crippen molar-refractivity contribution in [1.29, 1.82) is 0 Å². The summed E-state index contributed by atoms with van der Waals surface area (Å²) in [7, 11) is -2.96. The average Bonchev–Trinajstić information content (AvgIpc) is 2.57. The molecular formula is C9H11N3O2S. The van der Waals surface area contributed by atoms with E-state index in [1.165, 1.54) is 6.26 Å². The fourth-order valence-electron chi connectivity index (χ4n) is 1.33. The van der Waals surface area contributed by atoms with Crippen molar-refractivity contribution in [1.82, 2.24) is 15.0 Å². The lowest BCUT2D eigenvalue weighted by Gasteiger charge is -1.99. The Morgan fingerprint density at radius 2 is 2.07 bits per heavy atom. The molecule has 2 rings (SSSR count). The van der Waals surface area contributed by atoms with Crippen LogP contribution in [0.2, 0.25) is 0 Å². The number of hydrogen-bond acceptors (Lipinski definition) is 4. The van der Waals surface area contributed by atoms with Gasteiger partial charge < -0.3 is 0 Å². The Morgan fingerprint density at radius 3 is 2.80 bits per heavy atom. The minimum Gasteiger partial charge on any atom is -0.244 e. The van der Waals surface area contributed by atoms with Crippen LogP contribution in [0.3, 0.4) is 0 Å². The van der Waals surface area contributed by atoms with Crippen LogP contribution >= 0.6 is 0 Å². The summed E-state index contributed by atoms with van der Waals surface area (Å²) in [4.78, 5) is 0. The molecule has 0 radical (unpaired) electrons. The molecule has 0 saturated heterocycles. The second-order valence-electron chi connectivity index (χ2n) is 3.43. The zero-order chi connectivity index (χ0) is 10.9. The highest BCUT2D eigenvalue weighted by atomic mass is 32.2. The molecule has 0 atom stereocenters. The smallest absolute Gasteiger partial charge is 0.149 e. The van der Waals surface area contributed by atoms with Crippen LogP contribution in [0, 0.1) is 0 Å². The number of fused-ring (bicyclic) bond motifs is 1. The predicted molar refractivity (Wildman–Crippen MR) is 57.2 cm³/mol. The summed E-state index contributed by atoms with van der Waals surface area (Å²) >= 11 is 0. The van der Waals surface area contributed by atoms with Crippen molar-refractivity contribution in [3.63, 3.8) is 0 Å². The molecule has 0 bridgehead atoms. The van der Waals surface area contributed by atoms with Gasteiger partial charge >= 0.3 is 0 Å². The van der Waals surface area contributed by atoms with Gasteiger partial charge in [-0.05, 0) is 12.1 Å². The molecule has 5 nitrogen and oxygen atoms in total. The summed E-state index contributed by atoms with van der Waals surface area (Å²) in [6, 6.07) is 7.47. The highest BCUT2D eigenvalue weighted by Crippen LogP contribution is 2.09. The molecule has 1 aromatic heterocycles. The minimum absolute atomic E-state index is 0.0837. The lowest BCUT2D eigenvalue weighted by atomic mass is 10.3. The molecule has 0 saturated carbocycles. The molecule has 0 amide bonds. The van der Waals surface area contributed by atoms with E-state index in [9.17, 15) is 8.42 Å². The average molecular weight is 225 g/mol. The monoisotopic (exact) mass is 225 g/mol. The third-order valence-electron chi connectivity index (χ3n) is 2.09. The second-order valence-corrected chi connectivity index (χ2v) is 5.69. The maximum atomic E-state index is 11.0. The molecule has 0 spiro atoms. The van der Waals surface area contributed by atoms with Crippen LogP contribution in [0.5, 0.6) is 0 Å². The highest BCUT2D eigenvalue weighted by Gasteiger charge is 2.06. The predicted octanol–water partition coefficient (Wildman–Crippen LogP) is 0.476. The maximum Gasteiger partial charge on any atom is 0.149 e. The first kappa shape index (κ1) is 10.1. The summed E-state index contributed by atoms with van der Waals surface area (Å²) < 4.78 is 23.6. The molecule has 1 aromatic carbocycles. The fourth-order valence-corrected chi connectivity index (χ4v) is 1.84. The SMILES string of the molecule is CS(=O)(=O)CCn1nnc2ccccc21. The number of rotatable bonds is 3. The van der Waals surface area contributed by atoms with Crippen LogP contribution in [0.4, 0.5) is 0 Å². The van der Waals surface area contributed by atoms with Gasteiger partial charge in [-0.25, -0.2) is 13.1 Å². The first-order valence-corrected chi connectivity index (χ1v) is 6.58. The quantitative estimate of drug-likeness (QED) is 0.762. The largest absolute Gasteiger partial charge is 0.244 e. The number of nitrogens with zero attached hydrogens (tertiary/aromatic N) is 3. The standard InChI is InChI=1S/C9H11N3O2S/c1-15(13,14)7-6-12-9-5-3-2-4-8(9)10-11-12/h2-5H,6-7H2,1H3. The Kier molecular flexibility index (Phi) is 2.44. The molecule has 15 heavy (non-hydrogen) atoms. The van der Waals surface area contributed by atoms with Crippen molar-refractivity contribution in [2.75, 3.05) is 12.0 Å². The Balaban J connectivity index is 2.29. The molecule has 6 heteroatoms. The van der Waals surface area contributed by atoms with E-state index in [1.807, 2.05) is 24.3 Å². The van der Waals surface area contributed by atoms with Gasteiger partial charge in [-0.1, -0.05) is 17.3 Å². The number of benzene rings is 1. The Hall–Kier alpha value is -1.43. The lowest BCUT2D eigenvalue weighted by Crippen LogP contribution is -2.12. The summed E-state index contributed by atoms with van der Waals surface area (Å²) in [6.45, 7) is 0.347. The van der Waals surface area contributed by atoms with E-state index in [4.69, 9.17) is 0 Å². The van der Waals surface area contributed by atoms with Crippen molar-refractivity contribution >= 4 is 20.9 Å². The van der Waals surface area contributed by atoms with Gasteiger partial charge in [-0.2, -0.15) is 0 Å². The Labute approximate surface area is 87.6 Å². The zero-order valence-electron chi connectivity index (χ0n) is 8.29. The Morgan fingerprint density at radius 1 is 1.33 bits per heavy atom. The van der Waals surface area contributed by atoms with Gasteiger partial charge in [0, 0.05) is 6.26 Å². The summed E-state index contributed by atoms with van der Waals surface area (Å²) in [6.07, 6.45) is 1.21. The van der Waals surface area contributed by atoms with Gasteiger partial charge in [0.2, 0.25) is 0 Å². The van der Waals surface area contributed by atoms with Crippen LogP contribution in [0.25, 0.3) is 11.0 Å². The van der Waals surface area contributed by atoms with Crippen molar-refractivity contribution in [2.45, 2.75) is 6.54 Å². The van der Waals surface area contributed by atoms with Crippen LogP contribution in [0.15, 0.2) is 24.3 Å². The van der Waals surface area contributed by atoms with Crippen LogP contribution in [0.1, 0.15) is 0 Å². The van der Waals surface area contributed by atoms with E-state index < -0.39 is 9.84 Å². The molecule has 1 heterocycles. The fraction of sp³-hybridized carbons (Fsp3) is 0.333. The van der Waals surface area contributed by atoms with Crippen molar-refractivity contribution in [3.05, 3.63) is 24.3 Å². The third-order valence-corrected chi connectivity index (χ3v) is 3.02. The van der Waals surface area contributed by atoms with Gasteiger partial charge in [0.15, 0.2) is 0 Å². The number of sulfone groups is 1. The molecule has 0 aliphatic heterocycles. The molecule has 0 unspecified atom stereocenters. The van der Waals surface area contributed by atoms with Crippen LogP contribution < -0.4 is 0 Å². The summed E-state index contributed by atoms with van der Waals surface area (Å²) in [5, 5.41) is 7.84. The summed E-state index contributed by atoms with van der Waals surface area (Å²) in [5.74, 6) is 0.0837. The van der Waals surface area contributed by atoms with Gasteiger partial charge in [-0.3, -0.25) is 0 Å². The molecule has 0 aliphatic rings. The van der Waals surface area contributed by atoms with Crippen molar-refractivity contribution in [2.24, 2.45) is 0 Å². The molecule has 80 valence electrons. The van der Waals surface area contributed by atoms with Crippen LogP contribution in [-0.2, 0) is 16.4 Å². The first-order valence-electron chi connectivity index (χ1n) is 4.52. The van der Waals surface area contributed by atoms with E-state index in [2.05, 4.69) is 10.3 Å². The normalized spacial score (nSPS) is 12.1. The highest BCUT2D eigenvalue weighted by molar-refractivity contribution is 7.90. The third kappa shape index (κ3) is 2.33. The van der Waals surface area contributed by atoms with Gasteiger partial charge in [-0.15, -0.1) is 5.10 Å². The molecule has 2 aromatic rings. The first-order chi connectivity index (χ1) is 7.06. The van der Waals surface area contributed by atoms with Crippen LogP contribution in [-0.4, -0.2) is 35.4 Å². The van der Waals surface area contributed by atoms with Gasteiger partial charge in [0.25, 0.3) is 0 Å². The molecule has 0 aliphatic carbocycles. The van der Waals surface area contributed by atoms with E-state index in [-0.39, 0.29) is 5.75 Å². The second kappa shape index (κ2) is 3.62. The van der Waals surface area contributed by atoms with E-state index in [1.54, 1.807) is 4.68 Å². The Bertz CT molecular complexity index is 574. The molecule has 0 N–H and O–H groups in total. The van der Waals surface area contributed by atoms with Crippen molar-refractivity contribution < 1.29 is 8.42 Å². The lowest BCUT2D eigenvalue weighted by molar-refractivity contribution is 0.585. The molecular weight excluding hydrogens is 214 g/mol. The van der Waals surface area contributed by atoms with Gasteiger partial charge in [0.1, 0.15) is 15.4 Å². The van der Waals surface area contributed by atoms with E-state index in [0.717, 1.165) is 11.0 Å². The molecule has 0 fully saturated rings. The van der Waals surface area contributed by atoms with Crippen molar-refractivity contribution in [3.8, 4) is 0 Å². The van der Waals surface area contributed by atoms with E-state index in [0.29, 0.717) is 6.54 Å². The number of aryl methyl sites for hydroxylation is 1. The summed E-state index contributed by atoms with van der Waals surface area (Å²) in [5.41, 5.74) is 1.65. The number of hydrogen-bond donors (Lipinski definition) is 0. The van der Waals surface area contributed by atoms with Gasteiger partial charge in [0.05, 0.1) is 17.8 Å². The topological polar surface area (TPSA) is 64.8 Å². The maximum absolute atomic E-state index is 11.0. The number of aromatic nitrogens is 3. The zero-order valence-corrected chi connectivity index (χ0v) is 9.11. The van der Waals surface area contributed by atoms with E-state index >= 15 is 0 Å².